The summed E-state index contributed by atoms with van der Waals surface area (Å²) in [5.74, 6) is 0.323. The van der Waals surface area contributed by atoms with Crippen LogP contribution in [0.1, 0.15) is 35.2 Å². The van der Waals surface area contributed by atoms with Crippen LogP contribution in [0.25, 0.3) is 0 Å². The SMILES string of the molecule is O=C(c1ccc(Cl)nc1)N1CCC(CCOCc2cccc(F)c2)CC1. The predicted octanol–water partition coefficient (Wildman–Crippen LogP) is 4.33. The van der Waals surface area contributed by atoms with Gasteiger partial charge in [-0.25, -0.2) is 9.37 Å². The van der Waals surface area contributed by atoms with Crippen molar-refractivity contribution < 1.29 is 13.9 Å². The van der Waals surface area contributed by atoms with Gasteiger partial charge in [-0.05, 0) is 55.0 Å². The van der Waals surface area contributed by atoms with Gasteiger partial charge in [0.1, 0.15) is 11.0 Å². The largest absolute Gasteiger partial charge is 0.377 e. The monoisotopic (exact) mass is 376 g/mol. The molecule has 0 atom stereocenters. The Labute approximate surface area is 157 Å². The third-order valence-corrected chi connectivity index (χ3v) is 4.93. The summed E-state index contributed by atoms with van der Waals surface area (Å²) in [5, 5.41) is 0.387. The van der Waals surface area contributed by atoms with Crippen LogP contribution >= 0.6 is 11.6 Å². The first-order valence-electron chi connectivity index (χ1n) is 8.85. The van der Waals surface area contributed by atoms with E-state index in [9.17, 15) is 9.18 Å². The fourth-order valence-corrected chi connectivity index (χ4v) is 3.29. The van der Waals surface area contributed by atoms with E-state index >= 15 is 0 Å². The highest BCUT2D eigenvalue weighted by molar-refractivity contribution is 6.29. The highest BCUT2D eigenvalue weighted by Crippen LogP contribution is 2.22. The zero-order valence-corrected chi connectivity index (χ0v) is 15.3. The summed E-state index contributed by atoms with van der Waals surface area (Å²) in [5.41, 5.74) is 1.42. The third kappa shape index (κ3) is 5.26. The minimum Gasteiger partial charge on any atom is -0.377 e. The van der Waals surface area contributed by atoms with Gasteiger partial charge < -0.3 is 9.64 Å². The second-order valence-corrected chi connectivity index (χ2v) is 6.96. The maximum atomic E-state index is 13.1. The number of hydrogen-bond donors (Lipinski definition) is 0. The number of nitrogens with zero attached hydrogens (tertiary/aromatic N) is 2. The summed E-state index contributed by atoms with van der Waals surface area (Å²) in [6.45, 7) is 2.57. The molecule has 1 amide bonds. The van der Waals surface area contributed by atoms with Crippen molar-refractivity contribution in [3.63, 3.8) is 0 Å². The van der Waals surface area contributed by atoms with E-state index in [0.29, 0.717) is 29.8 Å². The smallest absolute Gasteiger partial charge is 0.255 e. The summed E-state index contributed by atoms with van der Waals surface area (Å²) in [6.07, 6.45) is 4.42. The van der Waals surface area contributed by atoms with E-state index in [4.69, 9.17) is 16.3 Å². The van der Waals surface area contributed by atoms with Crippen LogP contribution in [-0.4, -0.2) is 35.5 Å². The van der Waals surface area contributed by atoms with E-state index in [-0.39, 0.29) is 11.7 Å². The molecule has 26 heavy (non-hydrogen) atoms. The van der Waals surface area contributed by atoms with Crippen LogP contribution in [-0.2, 0) is 11.3 Å². The van der Waals surface area contributed by atoms with Crippen LogP contribution in [0.3, 0.4) is 0 Å². The van der Waals surface area contributed by atoms with Gasteiger partial charge in [0, 0.05) is 25.9 Å². The lowest BCUT2D eigenvalue weighted by Crippen LogP contribution is -2.38. The molecule has 6 heteroatoms. The normalized spacial score (nSPS) is 15.2. The molecule has 0 N–H and O–H groups in total. The topological polar surface area (TPSA) is 42.4 Å². The molecular weight excluding hydrogens is 355 g/mol. The predicted molar refractivity (Wildman–Crippen MR) is 98.5 cm³/mol. The number of benzene rings is 1. The number of aromatic nitrogens is 1. The molecule has 0 aliphatic carbocycles. The van der Waals surface area contributed by atoms with Crippen molar-refractivity contribution >= 4 is 17.5 Å². The number of pyridine rings is 1. The molecule has 138 valence electrons. The number of ether oxygens (including phenoxy) is 1. The zero-order valence-electron chi connectivity index (χ0n) is 14.5. The van der Waals surface area contributed by atoms with Crippen molar-refractivity contribution in [3.05, 3.63) is 64.7 Å². The van der Waals surface area contributed by atoms with Gasteiger partial charge in [0.2, 0.25) is 0 Å². The summed E-state index contributed by atoms with van der Waals surface area (Å²) in [6, 6.07) is 9.83. The number of piperidine rings is 1. The van der Waals surface area contributed by atoms with Crippen LogP contribution in [0.2, 0.25) is 5.15 Å². The van der Waals surface area contributed by atoms with Crippen molar-refractivity contribution in [1.29, 1.82) is 0 Å². The lowest BCUT2D eigenvalue weighted by molar-refractivity contribution is 0.0638. The summed E-state index contributed by atoms with van der Waals surface area (Å²) in [7, 11) is 0. The van der Waals surface area contributed by atoms with Gasteiger partial charge >= 0.3 is 0 Å². The first-order chi connectivity index (χ1) is 12.6. The Bertz CT molecular complexity index is 731. The maximum Gasteiger partial charge on any atom is 0.255 e. The van der Waals surface area contributed by atoms with Crippen molar-refractivity contribution in [2.24, 2.45) is 5.92 Å². The average molecular weight is 377 g/mol. The Hall–Kier alpha value is -1.98. The van der Waals surface area contributed by atoms with Gasteiger partial charge in [-0.3, -0.25) is 4.79 Å². The minimum absolute atomic E-state index is 0.00923. The fourth-order valence-electron chi connectivity index (χ4n) is 3.18. The fraction of sp³-hybridized carbons (Fsp3) is 0.400. The first-order valence-corrected chi connectivity index (χ1v) is 9.22. The Balaban J connectivity index is 1.37. The Morgan fingerprint density at radius 2 is 2.08 bits per heavy atom. The number of halogens is 2. The Kier molecular flexibility index (Phi) is 6.58. The quantitative estimate of drug-likeness (QED) is 0.556. The minimum atomic E-state index is -0.237. The van der Waals surface area contributed by atoms with Crippen molar-refractivity contribution in [2.75, 3.05) is 19.7 Å². The van der Waals surface area contributed by atoms with E-state index < -0.39 is 0 Å². The standard InChI is InChI=1S/C20H22ClFN2O2/c21-19-5-4-17(13-23-19)20(25)24-9-6-15(7-10-24)8-11-26-14-16-2-1-3-18(22)12-16/h1-5,12-13,15H,6-11,14H2. The summed E-state index contributed by atoms with van der Waals surface area (Å²) < 4.78 is 18.8. The summed E-state index contributed by atoms with van der Waals surface area (Å²) >= 11 is 5.76. The molecule has 1 saturated heterocycles. The van der Waals surface area contributed by atoms with Crippen molar-refractivity contribution in [3.8, 4) is 0 Å². The van der Waals surface area contributed by atoms with Crippen LogP contribution in [0.5, 0.6) is 0 Å². The van der Waals surface area contributed by atoms with Gasteiger partial charge in [0.05, 0.1) is 12.2 Å². The van der Waals surface area contributed by atoms with Crippen LogP contribution < -0.4 is 0 Å². The molecule has 3 rings (SSSR count). The van der Waals surface area contributed by atoms with E-state index in [1.54, 1.807) is 18.2 Å². The van der Waals surface area contributed by atoms with E-state index in [0.717, 1.165) is 37.9 Å². The van der Waals surface area contributed by atoms with Gasteiger partial charge in [0.15, 0.2) is 0 Å². The Morgan fingerprint density at radius 1 is 1.27 bits per heavy atom. The molecule has 1 aromatic heterocycles. The van der Waals surface area contributed by atoms with E-state index in [2.05, 4.69) is 4.98 Å². The van der Waals surface area contributed by atoms with Gasteiger partial charge in [-0.2, -0.15) is 0 Å². The molecule has 0 spiro atoms. The van der Waals surface area contributed by atoms with E-state index in [1.807, 2.05) is 11.0 Å². The highest BCUT2D eigenvalue weighted by Gasteiger charge is 2.23. The lowest BCUT2D eigenvalue weighted by Gasteiger charge is -2.32. The molecule has 1 fully saturated rings. The Morgan fingerprint density at radius 3 is 2.77 bits per heavy atom. The molecular formula is C20H22ClFN2O2. The molecule has 1 aromatic carbocycles. The second kappa shape index (κ2) is 9.10. The number of carbonyl (C=O) groups excluding carboxylic acids is 1. The summed E-state index contributed by atoms with van der Waals surface area (Å²) in [4.78, 5) is 18.3. The van der Waals surface area contributed by atoms with Crippen LogP contribution in [0, 0.1) is 11.7 Å². The number of amides is 1. The highest BCUT2D eigenvalue weighted by atomic mass is 35.5. The lowest BCUT2D eigenvalue weighted by atomic mass is 9.93. The van der Waals surface area contributed by atoms with Crippen molar-refractivity contribution in [2.45, 2.75) is 25.9 Å². The van der Waals surface area contributed by atoms with Gasteiger partial charge in [-0.1, -0.05) is 23.7 Å². The second-order valence-electron chi connectivity index (χ2n) is 6.58. The molecule has 0 unspecified atom stereocenters. The first kappa shape index (κ1) is 18.8. The van der Waals surface area contributed by atoms with E-state index in [1.165, 1.54) is 18.3 Å². The van der Waals surface area contributed by atoms with Crippen LogP contribution in [0.15, 0.2) is 42.6 Å². The number of likely N-dealkylation sites (tertiary alicyclic amines) is 1. The number of hydrogen-bond acceptors (Lipinski definition) is 3. The third-order valence-electron chi connectivity index (χ3n) is 4.70. The molecule has 1 aliphatic rings. The van der Waals surface area contributed by atoms with Crippen LogP contribution in [0.4, 0.5) is 4.39 Å². The van der Waals surface area contributed by atoms with Gasteiger partial charge in [0.25, 0.3) is 5.91 Å². The number of carbonyl (C=O) groups is 1. The molecule has 1 aliphatic heterocycles. The molecule has 0 bridgehead atoms. The van der Waals surface area contributed by atoms with Crippen molar-refractivity contribution in [1.82, 2.24) is 9.88 Å². The number of rotatable bonds is 6. The maximum absolute atomic E-state index is 13.1. The molecule has 0 saturated carbocycles. The zero-order chi connectivity index (χ0) is 18.4. The molecule has 4 nitrogen and oxygen atoms in total. The van der Waals surface area contributed by atoms with Gasteiger partial charge in [-0.15, -0.1) is 0 Å². The molecule has 2 heterocycles. The molecule has 0 radical (unpaired) electrons. The molecule has 2 aromatic rings. The average Bonchev–Trinajstić information content (AvgIpc) is 2.66.